The molecule has 0 aliphatic carbocycles. The third kappa shape index (κ3) is 3.71. The zero-order valence-corrected chi connectivity index (χ0v) is 14.7. The van der Waals surface area contributed by atoms with E-state index in [4.69, 9.17) is 0 Å². The maximum Gasteiger partial charge on any atom is 0.251 e. The van der Waals surface area contributed by atoms with Gasteiger partial charge in [0.1, 0.15) is 0 Å². The first-order valence-electron chi connectivity index (χ1n) is 8.01. The van der Waals surface area contributed by atoms with Gasteiger partial charge in [-0.1, -0.05) is 0 Å². The van der Waals surface area contributed by atoms with Crippen molar-refractivity contribution in [3.8, 4) is 5.95 Å². The van der Waals surface area contributed by atoms with Gasteiger partial charge in [0, 0.05) is 28.8 Å². The predicted octanol–water partition coefficient (Wildman–Crippen LogP) is 2.47. The van der Waals surface area contributed by atoms with Crippen LogP contribution in [-0.4, -0.2) is 30.6 Å². The fourth-order valence-electron chi connectivity index (χ4n) is 2.73. The topological polar surface area (TPSA) is 85.6 Å². The third-order valence-corrected chi connectivity index (χ3v) is 3.88. The number of aryl methyl sites for hydroxylation is 3. The molecular formula is C18H20N6O. The molecule has 3 heterocycles. The number of anilines is 1. The Balaban J connectivity index is 1.86. The lowest BCUT2D eigenvalue weighted by Gasteiger charge is -2.07. The second-order valence-corrected chi connectivity index (χ2v) is 5.98. The molecule has 7 heteroatoms. The maximum absolute atomic E-state index is 12.3. The SMILES string of the molecule is Cc1cc(C)nc(-n2nc(C)c(CC(=O)Nc3cccnc3)c2C)n1. The summed E-state index contributed by atoms with van der Waals surface area (Å²) in [6.07, 6.45) is 3.51. The summed E-state index contributed by atoms with van der Waals surface area (Å²) < 4.78 is 1.70. The van der Waals surface area contributed by atoms with Crippen molar-refractivity contribution in [1.82, 2.24) is 24.7 Å². The van der Waals surface area contributed by atoms with Crippen LogP contribution >= 0.6 is 0 Å². The molecule has 0 aliphatic heterocycles. The van der Waals surface area contributed by atoms with Crippen molar-refractivity contribution in [3.63, 3.8) is 0 Å². The van der Waals surface area contributed by atoms with E-state index in [1.165, 1.54) is 0 Å². The molecule has 0 aromatic carbocycles. The number of amides is 1. The number of hydrogen-bond acceptors (Lipinski definition) is 5. The Morgan fingerprint density at radius 3 is 2.52 bits per heavy atom. The predicted molar refractivity (Wildman–Crippen MR) is 94.7 cm³/mol. The Labute approximate surface area is 146 Å². The highest BCUT2D eigenvalue weighted by Crippen LogP contribution is 2.18. The van der Waals surface area contributed by atoms with Crippen LogP contribution in [0.3, 0.4) is 0 Å². The first-order chi connectivity index (χ1) is 11.9. The van der Waals surface area contributed by atoms with Crippen LogP contribution in [0.5, 0.6) is 0 Å². The highest BCUT2D eigenvalue weighted by molar-refractivity contribution is 5.92. The average Bonchev–Trinajstić information content (AvgIpc) is 2.83. The summed E-state index contributed by atoms with van der Waals surface area (Å²) in [6, 6.07) is 5.50. The monoisotopic (exact) mass is 336 g/mol. The summed E-state index contributed by atoms with van der Waals surface area (Å²) in [5.41, 5.74) is 4.97. The largest absolute Gasteiger partial charge is 0.324 e. The van der Waals surface area contributed by atoms with Crippen LogP contribution < -0.4 is 5.32 Å². The third-order valence-electron chi connectivity index (χ3n) is 3.88. The van der Waals surface area contributed by atoms with Crippen LogP contribution in [0, 0.1) is 27.7 Å². The number of carbonyl (C=O) groups excluding carboxylic acids is 1. The van der Waals surface area contributed by atoms with Crippen LogP contribution in [0.25, 0.3) is 5.95 Å². The van der Waals surface area contributed by atoms with Gasteiger partial charge < -0.3 is 5.32 Å². The molecule has 3 aromatic rings. The van der Waals surface area contributed by atoms with Crippen LogP contribution in [0.1, 0.15) is 28.3 Å². The van der Waals surface area contributed by atoms with E-state index in [0.717, 1.165) is 28.3 Å². The van der Waals surface area contributed by atoms with Crippen LogP contribution in [-0.2, 0) is 11.2 Å². The van der Waals surface area contributed by atoms with Gasteiger partial charge in [-0.25, -0.2) is 14.6 Å². The summed E-state index contributed by atoms with van der Waals surface area (Å²) >= 11 is 0. The smallest absolute Gasteiger partial charge is 0.251 e. The van der Waals surface area contributed by atoms with Crippen molar-refractivity contribution in [3.05, 3.63) is 58.9 Å². The molecule has 0 atom stereocenters. The molecule has 1 amide bonds. The van der Waals surface area contributed by atoms with Gasteiger partial charge in [-0.15, -0.1) is 0 Å². The maximum atomic E-state index is 12.3. The molecule has 0 radical (unpaired) electrons. The zero-order chi connectivity index (χ0) is 18.0. The Bertz CT molecular complexity index is 897. The lowest BCUT2D eigenvalue weighted by molar-refractivity contribution is -0.115. The van der Waals surface area contributed by atoms with Gasteiger partial charge in [0.05, 0.1) is 24.0 Å². The summed E-state index contributed by atoms with van der Waals surface area (Å²) in [6.45, 7) is 7.66. The lowest BCUT2D eigenvalue weighted by Crippen LogP contribution is -2.15. The normalized spacial score (nSPS) is 10.7. The van der Waals surface area contributed by atoms with E-state index in [0.29, 0.717) is 11.6 Å². The molecule has 128 valence electrons. The van der Waals surface area contributed by atoms with Crippen LogP contribution in [0.2, 0.25) is 0 Å². The first-order valence-corrected chi connectivity index (χ1v) is 8.01. The van der Waals surface area contributed by atoms with Gasteiger partial charge in [0.25, 0.3) is 5.95 Å². The molecule has 25 heavy (non-hydrogen) atoms. The minimum absolute atomic E-state index is 0.111. The molecule has 0 bridgehead atoms. The number of hydrogen-bond donors (Lipinski definition) is 1. The van der Waals surface area contributed by atoms with E-state index < -0.39 is 0 Å². The molecule has 0 fully saturated rings. The van der Waals surface area contributed by atoms with E-state index in [9.17, 15) is 4.79 Å². The van der Waals surface area contributed by atoms with Crippen molar-refractivity contribution in [2.45, 2.75) is 34.1 Å². The fourth-order valence-corrected chi connectivity index (χ4v) is 2.73. The molecule has 0 spiro atoms. The molecule has 7 nitrogen and oxygen atoms in total. The van der Waals surface area contributed by atoms with Gasteiger partial charge in [0.15, 0.2) is 0 Å². The van der Waals surface area contributed by atoms with Crippen molar-refractivity contribution in [1.29, 1.82) is 0 Å². The number of nitrogens with zero attached hydrogens (tertiary/aromatic N) is 5. The van der Waals surface area contributed by atoms with E-state index in [1.807, 2.05) is 33.8 Å². The standard InChI is InChI=1S/C18H20N6O/c1-11-8-12(2)21-18(20-11)24-14(4)16(13(3)23-24)9-17(25)22-15-6-5-7-19-10-15/h5-8,10H,9H2,1-4H3,(H,22,25). The molecule has 0 unspecified atom stereocenters. The van der Waals surface area contributed by atoms with Gasteiger partial charge in [-0.2, -0.15) is 5.10 Å². The Hall–Kier alpha value is -3.09. The molecule has 3 rings (SSSR count). The number of aromatic nitrogens is 5. The lowest BCUT2D eigenvalue weighted by atomic mass is 10.1. The van der Waals surface area contributed by atoms with Crippen molar-refractivity contribution in [2.75, 3.05) is 5.32 Å². The van der Waals surface area contributed by atoms with Crippen molar-refractivity contribution in [2.24, 2.45) is 0 Å². The number of carbonyl (C=O) groups is 1. The highest BCUT2D eigenvalue weighted by atomic mass is 16.1. The second kappa shape index (κ2) is 6.80. The van der Waals surface area contributed by atoms with E-state index in [1.54, 1.807) is 29.2 Å². The van der Waals surface area contributed by atoms with Gasteiger partial charge in [-0.3, -0.25) is 9.78 Å². The summed E-state index contributed by atoms with van der Waals surface area (Å²) in [4.78, 5) is 25.2. The Kier molecular flexibility index (Phi) is 4.56. The van der Waals surface area contributed by atoms with E-state index in [-0.39, 0.29) is 12.3 Å². The molecule has 3 aromatic heterocycles. The first kappa shape index (κ1) is 16.8. The number of nitrogens with one attached hydrogen (secondary N) is 1. The van der Waals surface area contributed by atoms with E-state index >= 15 is 0 Å². The minimum Gasteiger partial charge on any atom is -0.324 e. The second-order valence-electron chi connectivity index (χ2n) is 5.98. The minimum atomic E-state index is -0.111. The van der Waals surface area contributed by atoms with Crippen molar-refractivity contribution < 1.29 is 4.79 Å². The summed E-state index contributed by atoms with van der Waals surface area (Å²) in [7, 11) is 0. The Morgan fingerprint density at radius 2 is 1.88 bits per heavy atom. The summed E-state index contributed by atoms with van der Waals surface area (Å²) in [5, 5.41) is 7.36. The van der Waals surface area contributed by atoms with Crippen LogP contribution in [0.15, 0.2) is 30.6 Å². The molecule has 0 aliphatic rings. The van der Waals surface area contributed by atoms with Gasteiger partial charge >= 0.3 is 0 Å². The molecule has 0 saturated carbocycles. The zero-order valence-electron chi connectivity index (χ0n) is 14.7. The number of pyridine rings is 1. The highest BCUT2D eigenvalue weighted by Gasteiger charge is 2.17. The van der Waals surface area contributed by atoms with E-state index in [2.05, 4.69) is 25.4 Å². The van der Waals surface area contributed by atoms with Gasteiger partial charge in [0.2, 0.25) is 5.91 Å². The number of rotatable bonds is 4. The van der Waals surface area contributed by atoms with Crippen LogP contribution in [0.4, 0.5) is 5.69 Å². The quantitative estimate of drug-likeness (QED) is 0.791. The molecule has 1 N–H and O–H groups in total. The van der Waals surface area contributed by atoms with Crippen molar-refractivity contribution >= 4 is 11.6 Å². The molecular weight excluding hydrogens is 316 g/mol. The Morgan fingerprint density at radius 1 is 1.16 bits per heavy atom. The average molecular weight is 336 g/mol. The molecule has 0 saturated heterocycles. The summed E-state index contributed by atoms with van der Waals surface area (Å²) in [5.74, 6) is 0.414. The fraction of sp³-hybridized carbons (Fsp3) is 0.278. The van der Waals surface area contributed by atoms with Gasteiger partial charge in [-0.05, 0) is 45.9 Å².